The number of benzene rings is 1. The fraction of sp³-hybridized carbons (Fsp3) is 0.308. The summed E-state index contributed by atoms with van der Waals surface area (Å²) < 4.78 is 9.43. The topological polar surface area (TPSA) is 18.0 Å². The van der Waals surface area contributed by atoms with E-state index in [4.69, 9.17) is 4.74 Å². The van der Waals surface area contributed by atoms with Crippen LogP contribution < -0.4 is 26.3 Å². The van der Waals surface area contributed by atoms with Gasteiger partial charge in [0.05, 0.1) is 13.7 Å². The zero-order valence-corrected chi connectivity index (χ0v) is 11.7. The smallest absolute Gasteiger partial charge is 0.248 e. The molecule has 1 aromatic carbocycles. The second-order valence-corrected chi connectivity index (χ2v) is 3.76. The van der Waals surface area contributed by atoms with E-state index in [1.807, 2.05) is 12.1 Å². The van der Waals surface area contributed by atoms with E-state index in [0.717, 1.165) is 24.4 Å². The number of halogens is 1. The normalized spacial score (nSPS) is 9.76. The maximum absolute atomic E-state index is 5.13. The number of imidazole rings is 1. The molecule has 0 bridgehead atoms. The number of nitrogens with zero attached hydrogens (tertiary/aromatic N) is 2. The van der Waals surface area contributed by atoms with Gasteiger partial charge >= 0.3 is 0 Å². The van der Waals surface area contributed by atoms with E-state index < -0.39 is 0 Å². The maximum atomic E-state index is 5.13. The van der Waals surface area contributed by atoms with Crippen LogP contribution in [-0.4, -0.2) is 11.7 Å². The lowest BCUT2D eigenvalue weighted by Crippen LogP contribution is -3.00. The largest absolute Gasteiger partial charge is 1.00 e. The molecule has 0 saturated heterocycles. The Hall–Kier alpha value is -1.29. The van der Waals surface area contributed by atoms with Crippen LogP contribution in [0.4, 0.5) is 0 Å². The van der Waals surface area contributed by atoms with Gasteiger partial charge in [0.15, 0.2) is 0 Å². The van der Waals surface area contributed by atoms with Crippen LogP contribution in [0, 0.1) is 0 Å². The highest BCUT2D eigenvalue weighted by molar-refractivity contribution is 5.31. The van der Waals surface area contributed by atoms with Crippen molar-refractivity contribution in [3.8, 4) is 11.4 Å². The fourth-order valence-electron chi connectivity index (χ4n) is 1.69. The number of hydrogen-bond donors (Lipinski definition) is 0. The first-order chi connectivity index (χ1) is 7.83. The molecule has 92 valence electrons. The van der Waals surface area contributed by atoms with Gasteiger partial charge in [0.25, 0.3) is 0 Å². The molecular formula is C13H17BrN2O. The van der Waals surface area contributed by atoms with Gasteiger partial charge in [-0.25, -0.2) is 9.13 Å². The molecule has 2 aromatic rings. The monoisotopic (exact) mass is 296 g/mol. The summed E-state index contributed by atoms with van der Waals surface area (Å²) in [6, 6.07) is 8.04. The fourth-order valence-corrected chi connectivity index (χ4v) is 1.69. The second kappa shape index (κ2) is 6.45. The summed E-state index contributed by atoms with van der Waals surface area (Å²) in [7, 11) is 1.68. The molecule has 0 spiro atoms. The number of hydrogen-bond acceptors (Lipinski definition) is 1. The maximum Gasteiger partial charge on any atom is 0.248 e. The molecule has 0 fully saturated rings. The summed E-state index contributed by atoms with van der Waals surface area (Å²) in [4.78, 5) is 0. The van der Waals surface area contributed by atoms with Gasteiger partial charge in [-0.05, 0) is 30.7 Å². The third-order valence-corrected chi connectivity index (χ3v) is 2.54. The van der Waals surface area contributed by atoms with Crippen LogP contribution in [0.3, 0.4) is 0 Å². The first-order valence-electron chi connectivity index (χ1n) is 5.55. The van der Waals surface area contributed by atoms with Gasteiger partial charge in [-0.2, -0.15) is 0 Å². The molecule has 3 nitrogen and oxygen atoms in total. The minimum atomic E-state index is 0. The van der Waals surface area contributed by atoms with Gasteiger partial charge in [-0.15, -0.1) is 0 Å². The quantitative estimate of drug-likeness (QED) is 0.675. The summed E-state index contributed by atoms with van der Waals surface area (Å²) in [5, 5.41) is 0. The molecule has 2 rings (SSSR count). The molecule has 17 heavy (non-hydrogen) atoms. The van der Waals surface area contributed by atoms with Crippen LogP contribution in [0.2, 0.25) is 0 Å². The van der Waals surface area contributed by atoms with E-state index in [1.165, 1.54) is 0 Å². The van der Waals surface area contributed by atoms with E-state index >= 15 is 0 Å². The lowest BCUT2D eigenvalue weighted by Gasteiger charge is -1.99. The standard InChI is InChI=1S/C13H17N2O.BrH/c1-3-8-14-9-10-15(11-14)12-4-6-13(16-2)7-5-12;/h4-7,9-11H,3,8H2,1-2H3;1H/q+1;/p-1. The highest BCUT2D eigenvalue weighted by atomic mass is 79.9. The van der Waals surface area contributed by atoms with Crippen molar-refractivity contribution in [1.29, 1.82) is 0 Å². The minimum Gasteiger partial charge on any atom is -1.00 e. The number of rotatable bonds is 4. The molecule has 0 radical (unpaired) electrons. The summed E-state index contributed by atoms with van der Waals surface area (Å²) in [5.41, 5.74) is 1.15. The van der Waals surface area contributed by atoms with Crippen LogP contribution >= 0.6 is 0 Å². The first-order valence-corrected chi connectivity index (χ1v) is 5.55. The van der Waals surface area contributed by atoms with Crippen LogP contribution in [0.25, 0.3) is 5.69 Å². The molecule has 0 amide bonds. The molecule has 4 heteroatoms. The van der Waals surface area contributed by atoms with E-state index in [-0.39, 0.29) is 17.0 Å². The Morgan fingerprint density at radius 3 is 2.53 bits per heavy atom. The van der Waals surface area contributed by atoms with E-state index in [9.17, 15) is 0 Å². The Balaban J connectivity index is 0.00000144. The van der Waals surface area contributed by atoms with Crippen molar-refractivity contribution >= 4 is 0 Å². The van der Waals surface area contributed by atoms with E-state index in [2.05, 4.69) is 46.9 Å². The van der Waals surface area contributed by atoms with Crippen molar-refractivity contribution in [3.63, 3.8) is 0 Å². The van der Waals surface area contributed by atoms with Crippen LogP contribution in [0.15, 0.2) is 43.0 Å². The van der Waals surface area contributed by atoms with Gasteiger partial charge in [-0.1, -0.05) is 6.92 Å². The average molecular weight is 297 g/mol. The van der Waals surface area contributed by atoms with Gasteiger partial charge < -0.3 is 21.7 Å². The van der Waals surface area contributed by atoms with Crippen LogP contribution in [0.1, 0.15) is 13.3 Å². The second-order valence-electron chi connectivity index (χ2n) is 3.76. The summed E-state index contributed by atoms with van der Waals surface area (Å²) >= 11 is 0. The first kappa shape index (κ1) is 13.8. The molecule has 1 aromatic heterocycles. The lowest BCUT2D eigenvalue weighted by molar-refractivity contribution is -0.595. The Morgan fingerprint density at radius 1 is 1.24 bits per heavy atom. The van der Waals surface area contributed by atoms with E-state index in [1.54, 1.807) is 7.11 Å². The van der Waals surface area contributed by atoms with Crippen molar-refractivity contribution < 1.29 is 26.3 Å². The van der Waals surface area contributed by atoms with Crippen LogP contribution in [-0.2, 0) is 6.54 Å². The zero-order chi connectivity index (χ0) is 11.4. The molecule has 0 aliphatic heterocycles. The van der Waals surface area contributed by atoms with Crippen molar-refractivity contribution in [2.24, 2.45) is 0 Å². The van der Waals surface area contributed by atoms with Crippen LogP contribution in [0.5, 0.6) is 5.75 Å². The van der Waals surface area contributed by atoms with Crippen molar-refractivity contribution in [2.45, 2.75) is 19.9 Å². The Kier molecular flexibility index (Phi) is 5.22. The summed E-state index contributed by atoms with van der Waals surface area (Å²) in [6.45, 7) is 3.24. The number of aryl methyl sites for hydroxylation is 1. The highest BCUT2D eigenvalue weighted by Crippen LogP contribution is 2.10. The number of methoxy groups -OCH3 is 1. The third-order valence-electron chi connectivity index (χ3n) is 2.54. The molecule has 0 atom stereocenters. The minimum absolute atomic E-state index is 0. The van der Waals surface area contributed by atoms with Gasteiger partial charge in [0.1, 0.15) is 23.8 Å². The SMILES string of the molecule is CCCn1cc[n+](-c2ccc(OC)cc2)c1.[Br-]. The molecule has 0 saturated carbocycles. The summed E-state index contributed by atoms with van der Waals surface area (Å²) in [5.74, 6) is 0.886. The van der Waals surface area contributed by atoms with Gasteiger partial charge in [0, 0.05) is 0 Å². The summed E-state index contributed by atoms with van der Waals surface area (Å²) in [6.07, 6.45) is 7.41. The Labute approximate surface area is 112 Å². The average Bonchev–Trinajstić information content (AvgIpc) is 2.78. The number of ether oxygens (including phenoxy) is 1. The predicted molar refractivity (Wildman–Crippen MR) is 62.8 cm³/mol. The van der Waals surface area contributed by atoms with Crippen molar-refractivity contribution in [1.82, 2.24) is 4.57 Å². The third kappa shape index (κ3) is 3.33. The number of aromatic nitrogens is 2. The predicted octanol–water partition coefficient (Wildman–Crippen LogP) is -0.813. The van der Waals surface area contributed by atoms with Gasteiger partial charge in [0.2, 0.25) is 6.33 Å². The molecule has 1 heterocycles. The molecule has 0 aliphatic carbocycles. The van der Waals surface area contributed by atoms with Crippen molar-refractivity contribution in [3.05, 3.63) is 43.0 Å². The van der Waals surface area contributed by atoms with E-state index in [0.29, 0.717) is 0 Å². The lowest BCUT2D eigenvalue weighted by atomic mass is 10.3. The van der Waals surface area contributed by atoms with Gasteiger partial charge in [-0.3, -0.25) is 0 Å². The van der Waals surface area contributed by atoms with Crippen molar-refractivity contribution in [2.75, 3.05) is 7.11 Å². The molecular weight excluding hydrogens is 280 g/mol. The highest BCUT2D eigenvalue weighted by Gasteiger charge is 2.05. The Bertz CT molecular complexity index is 451. The Morgan fingerprint density at radius 2 is 1.94 bits per heavy atom. The molecule has 0 unspecified atom stereocenters. The molecule has 0 aliphatic rings. The molecule has 0 N–H and O–H groups in total. The zero-order valence-electron chi connectivity index (χ0n) is 10.1.